The van der Waals surface area contributed by atoms with Gasteiger partial charge in [0.05, 0.1) is 0 Å². The summed E-state index contributed by atoms with van der Waals surface area (Å²) >= 11 is 0. The molecule has 2 saturated heterocycles. The van der Waals surface area contributed by atoms with Gasteiger partial charge in [0.2, 0.25) is 0 Å². The fraction of sp³-hybridized carbons (Fsp3) is 0.900. The Morgan fingerprint density at radius 1 is 0.767 bits per heavy atom. The van der Waals surface area contributed by atoms with Crippen molar-refractivity contribution in [2.75, 3.05) is 39.4 Å². The summed E-state index contributed by atoms with van der Waals surface area (Å²) in [6.07, 6.45) is -0.706. The van der Waals surface area contributed by atoms with Crippen LogP contribution in [0.15, 0.2) is 0 Å². The maximum atomic E-state index is 11.6. The highest BCUT2D eigenvalue weighted by atomic mass is 16.6. The number of hydrogen-bond acceptors (Lipinski definition) is 8. The number of carbonyl (C=O) groups excluding carboxylic acids is 2. The lowest BCUT2D eigenvalue weighted by atomic mass is 10.1. The Morgan fingerprint density at radius 3 is 1.27 bits per heavy atom. The minimum absolute atomic E-state index is 0.0143. The van der Waals surface area contributed by atoms with Gasteiger partial charge in [-0.05, 0) is 41.5 Å². The van der Waals surface area contributed by atoms with E-state index in [9.17, 15) is 9.59 Å². The number of likely N-dealkylation sites (tertiary alicyclic amines) is 2. The Balaban J connectivity index is 0.000000300. The van der Waals surface area contributed by atoms with E-state index in [2.05, 4.69) is 0 Å². The summed E-state index contributed by atoms with van der Waals surface area (Å²) < 4.78 is 10.4. The smallest absolute Gasteiger partial charge is 0.410 e. The van der Waals surface area contributed by atoms with Crippen molar-refractivity contribution >= 4 is 12.2 Å². The number of nitrogens with zero attached hydrogens (tertiary/aromatic N) is 2. The van der Waals surface area contributed by atoms with E-state index in [1.165, 1.54) is 0 Å². The Labute approximate surface area is 179 Å². The third-order valence-electron chi connectivity index (χ3n) is 4.76. The van der Waals surface area contributed by atoms with Gasteiger partial charge in [0.15, 0.2) is 0 Å². The number of ether oxygens (including phenoxy) is 2. The van der Waals surface area contributed by atoms with Crippen LogP contribution in [0.1, 0.15) is 41.5 Å². The summed E-state index contributed by atoms with van der Waals surface area (Å²) in [6.45, 7) is 12.8. The first-order chi connectivity index (χ1) is 13.7. The molecule has 2 fully saturated rings. The molecular formula is C20H40N4O6. The van der Waals surface area contributed by atoms with Crippen LogP contribution in [0.5, 0.6) is 0 Å². The Morgan fingerprint density at radius 2 is 1.07 bits per heavy atom. The van der Waals surface area contributed by atoms with Crippen molar-refractivity contribution in [2.24, 2.45) is 23.3 Å². The third kappa shape index (κ3) is 8.63. The van der Waals surface area contributed by atoms with E-state index >= 15 is 0 Å². The molecule has 0 spiro atoms. The zero-order chi connectivity index (χ0) is 23.3. The molecule has 0 aromatic rings. The lowest BCUT2D eigenvalue weighted by Gasteiger charge is -2.24. The molecule has 6 N–H and O–H groups in total. The van der Waals surface area contributed by atoms with Gasteiger partial charge in [0.25, 0.3) is 0 Å². The number of rotatable bonds is 2. The topological polar surface area (TPSA) is 152 Å². The number of aliphatic hydroxyl groups is 2. The quantitative estimate of drug-likeness (QED) is 0.488. The van der Waals surface area contributed by atoms with Crippen molar-refractivity contribution in [1.29, 1.82) is 0 Å². The molecule has 4 atom stereocenters. The van der Waals surface area contributed by atoms with Gasteiger partial charge in [-0.25, -0.2) is 9.59 Å². The summed E-state index contributed by atoms with van der Waals surface area (Å²) in [5, 5.41) is 18.0. The number of carbonyl (C=O) groups is 2. The van der Waals surface area contributed by atoms with Crippen LogP contribution in [0.4, 0.5) is 9.59 Å². The summed E-state index contributed by atoms with van der Waals surface area (Å²) in [5.74, 6) is -0.0602. The van der Waals surface area contributed by atoms with Crippen molar-refractivity contribution in [3.8, 4) is 0 Å². The average Bonchev–Trinajstić information content (AvgIpc) is 3.15. The highest BCUT2D eigenvalue weighted by Crippen LogP contribution is 2.19. The predicted molar refractivity (Wildman–Crippen MR) is 113 cm³/mol. The molecule has 2 heterocycles. The normalized spacial score (nSPS) is 26.9. The maximum absolute atomic E-state index is 11.6. The average molecular weight is 433 g/mol. The van der Waals surface area contributed by atoms with Crippen LogP contribution in [-0.2, 0) is 9.47 Å². The second kappa shape index (κ2) is 10.6. The monoisotopic (exact) mass is 432 g/mol. The van der Waals surface area contributed by atoms with Crippen molar-refractivity contribution < 1.29 is 29.3 Å². The van der Waals surface area contributed by atoms with Gasteiger partial charge >= 0.3 is 12.2 Å². The zero-order valence-electron chi connectivity index (χ0n) is 19.1. The molecule has 10 heteroatoms. The lowest BCUT2D eigenvalue weighted by molar-refractivity contribution is 0.0272. The van der Waals surface area contributed by atoms with Crippen LogP contribution in [0.3, 0.4) is 0 Å². The summed E-state index contributed by atoms with van der Waals surface area (Å²) in [4.78, 5) is 26.4. The molecule has 0 bridgehead atoms. The molecule has 0 saturated carbocycles. The van der Waals surface area contributed by atoms with Crippen molar-refractivity contribution in [3.63, 3.8) is 0 Å². The van der Waals surface area contributed by atoms with Crippen LogP contribution < -0.4 is 11.5 Å². The summed E-state index contributed by atoms with van der Waals surface area (Å²) in [7, 11) is 0. The van der Waals surface area contributed by atoms with Gasteiger partial charge in [-0.1, -0.05) is 0 Å². The summed E-state index contributed by atoms with van der Waals surface area (Å²) in [5.41, 5.74) is 10.6. The van der Waals surface area contributed by atoms with E-state index in [1.807, 2.05) is 41.5 Å². The van der Waals surface area contributed by atoms with E-state index in [0.29, 0.717) is 26.2 Å². The van der Waals surface area contributed by atoms with E-state index in [1.54, 1.807) is 9.80 Å². The van der Waals surface area contributed by atoms with E-state index in [0.717, 1.165) is 0 Å². The largest absolute Gasteiger partial charge is 0.444 e. The van der Waals surface area contributed by atoms with Crippen LogP contribution >= 0.6 is 0 Å². The summed E-state index contributed by atoms with van der Waals surface area (Å²) in [6, 6.07) is -0.301. The van der Waals surface area contributed by atoms with Gasteiger partial charge < -0.3 is 41.0 Å². The third-order valence-corrected chi connectivity index (χ3v) is 4.76. The van der Waals surface area contributed by atoms with Crippen LogP contribution in [0, 0.1) is 11.8 Å². The van der Waals surface area contributed by atoms with E-state index in [-0.39, 0.29) is 49.3 Å². The van der Waals surface area contributed by atoms with Crippen molar-refractivity contribution in [2.45, 2.75) is 64.8 Å². The van der Waals surface area contributed by atoms with Crippen LogP contribution in [-0.4, -0.2) is 94.9 Å². The standard InChI is InChI=1S/2C10H20N2O3/c2*1-10(2,3)15-9(14)12-4-7(6-13)8(11)5-12/h2*7-8,13H,4-6,11H2,1-3H3/t2*7-,8-/m10/s1. The van der Waals surface area contributed by atoms with Crippen LogP contribution in [0.2, 0.25) is 0 Å². The number of nitrogens with two attached hydrogens (primary N) is 2. The number of amides is 2. The molecule has 2 rings (SSSR count). The molecule has 176 valence electrons. The van der Waals surface area contributed by atoms with Gasteiger partial charge in [-0.3, -0.25) is 0 Å². The highest BCUT2D eigenvalue weighted by Gasteiger charge is 2.35. The second-order valence-electron chi connectivity index (χ2n) is 9.98. The zero-order valence-corrected chi connectivity index (χ0v) is 19.1. The van der Waals surface area contributed by atoms with Gasteiger partial charge in [-0.15, -0.1) is 0 Å². The predicted octanol–water partition coefficient (Wildman–Crippen LogP) is 0.346. The molecule has 10 nitrogen and oxygen atoms in total. The highest BCUT2D eigenvalue weighted by molar-refractivity contribution is 5.69. The molecule has 0 aromatic heterocycles. The molecule has 30 heavy (non-hydrogen) atoms. The Hall–Kier alpha value is -1.62. The fourth-order valence-corrected chi connectivity index (χ4v) is 3.13. The molecule has 0 aliphatic carbocycles. The molecule has 0 radical (unpaired) electrons. The molecular weight excluding hydrogens is 392 g/mol. The van der Waals surface area contributed by atoms with Crippen molar-refractivity contribution in [3.05, 3.63) is 0 Å². The van der Waals surface area contributed by atoms with Gasteiger partial charge in [-0.2, -0.15) is 0 Å². The van der Waals surface area contributed by atoms with E-state index in [4.69, 9.17) is 31.2 Å². The van der Waals surface area contributed by atoms with Gasteiger partial charge in [0.1, 0.15) is 11.2 Å². The molecule has 2 aliphatic heterocycles. The SMILES string of the molecule is CC(C)(C)OC(=O)N1C[C@@H](CO)[C@@H](N)C1.CC(C)(C)OC(=O)N1C[C@H](CO)[C@H](N)C1. The molecule has 2 amide bonds. The number of aliphatic hydroxyl groups excluding tert-OH is 2. The minimum Gasteiger partial charge on any atom is -0.444 e. The minimum atomic E-state index is -0.488. The fourth-order valence-electron chi connectivity index (χ4n) is 3.13. The first-order valence-corrected chi connectivity index (χ1v) is 10.4. The van der Waals surface area contributed by atoms with Crippen molar-refractivity contribution in [1.82, 2.24) is 9.80 Å². The van der Waals surface area contributed by atoms with E-state index < -0.39 is 11.2 Å². The molecule has 0 unspecified atom stereocenters. The lowest BCUT2D eigenvalue weighted by Crippen LogP contribution is -2.36. The first kappa shape index (κ1) is 26.4. The van der Waals surface area contributed by atoms with Gasteiger partial charge in [0, 0.05) is 63.3 Å². The Bertz CT molecular complexity index is 525. The molecule has 2 aliphatic rings. The first-order valence-electron chi connectivity index (χ1n) is 10.4. The second-order valence-corrected chi connectivity index (χ2v) is 9.98. The van der Waals surface area contributed by atoms with Crippen LogP contribution in [0.25, 0.3) is 0 Å². The maximum Gasteiger partial charge on any atom is 0.410 e. The molecule has 0 aromatic carbocycles. The number of hydrogen-bond donors (Lipinski definition) is 4. The Kier molecular flexibility index (Phi) is 9.34.